The van der Waals surface area contributed by atoms with Gasteiger partial charge >= 0.3 is 0 Å². The predicted octanol–water partition coefficient (Wildman–Crippen LogP) is 2.20. The number of nitrogens with zero attached hydrogens (tertiary/aromatic N) is 1. The largest absolute Gasteiger partial charge is 0.397 e. The van der Waals surface area contributed by atoms with Crippen LogP contribution in [0.2, 0.25) is 0 Å². The molecule has 1 aromatic carbocycles. The van der Waals surface area contributed by atoms with Crippen molar-refractivity contribution in [1.82, 2.24) is 4.98 Å². The average molecular weight is 282 g/mol. The minimum Gasteiger partial charge on any atom is -0.397 e. The fourth-order valence-electron chi connectivity index (χ4n) is 2.47. The smallest absolute Gasteiger partial charge is 0.224 e. The molecule has 1 aliphatic rings. The van der Waals surface area contributed by atoms with Crippen molar-refractivity contribution >= 4 is 23.0 Å². The van der Waals surface area contributed by atoms with Crippen LogP contribution >= 0.6 is 0 Å². The van der Waals surface area contributed by atoms with Crippen LogP contribution in [-0.2, 0) is 17.6 Å². The molecule has 0 bridgehead atoms. The van der Waals surface area contributed by atoms with Crippen LogP contribution in [0.1, 0.15) is 17.7 Å². The van der Waals surface area contributed by atoms with E-state index >= 15 is 0 Å². The Balaban J connectivity index is 1.67. The highest BCUT2D eigenvalue weighted by Gasteiger charge is 2.16. The first kappa shape index (κ1) is 13.4. The van der Waals surface area contributed by atoms with Gasteiger partial charge in [0.25, 0.3) is 0 Å². The third kappa shape index (κ3) is 3.13. The first-order valence-corrected chi connectivity index (χ1v) is 7.08. The number of carbonyl (C=O) groups excluding carboxylic acids is 1. The molecular formula is C16H18N4O. The van der Waals surface area contributed by atoms with Crippen LogP contribution in [0.15, 0.2) is 36.5 Å². The topological polar surface area (TPSA) is 80.0 Å². The van der Waals surface area contributed by atoms with E-state index in [1.807, 2.05) is 30.3 Å². The number of pyridine rings is 1. The van der Waals surface area contributed by atoms with Gasteiger partial charge in [-0.25, -0.2) is 0 Å². The van der Waals surface area contributed by atoms with Gasteiger partial charge in [-0.15, -0.1) is 0 Å². The van der Waals surface area contributed by atoms with E-state index in [-0.39, 0.29) is 5.91 Å². The summed E-state index contributed by atoms with van der Waals surface area (Å²) in [5.74, 6) is 0.0535. The van der Waals surface area contributed by atoms with Gasteiger partial charge in [0.05, 0.1) is 11.4 Å². The van der Waals surface area contributed by atoms with Crippen LogP contribution in [0.3, 0.4) is 0 Å². The van der Waals surface area contributed by atoms with E-state index in [9.17, 15) is 4.79 Å². The van der Waals surface area contributed by atoms with Gasteiger partial charge in [0.15, 0.2) is 0 Å². The van der Waals surface area contributed by atoms with Crippen molar-refractivity contribution in [3.63, 3.8) is 0 Å². The molecule has 1 aromatic heterocycles. The lowest BCUT2D eigenvalue weighted by Gasteiger charge is -2.19. The maximum absolute atomic E-state index is 11.4. The molecule has 1 amide bonds. The third-order valence-electron chi connectivity index (χ3n) is 3.59. The molecule has 0 fully saturated rings. The lowest BCUT2D eigenvalue weighted by Crippen LogP contribution is -2.19. The van der Waals surface area contributed by atoms with Gasteiger partial charge in [-0.3, -0.25) is 9.78 Å². The second-order valence-electron chi connectivity index (χ2n) is 5.14. The summed E-state index contributed by atoms with van der Waals surface area (Å²) in [6.45, 7) is 0.770. The number of carbonyl (C=O) groups is 1. The van der Waals surface area contributed by atoms with Crippen LogP contribution in [0, 0.1) is 0 Å². The maximum Gasteiger partial charge on any atom is 0.224 e. The summed E-state index contributed by atoms with van der Waals surface area (Å²) in [6.07, 6.45) is 3.93. The number of rotatable bonds is 4. The molecule has 5 nitrogen and oxygen atoms in total. The van der Waals surface area contributed by atoms with Crippen LogP contribution < -0.4 is 16.4 Å². The molecule has 1 aliphatic heterocycles. The lowest BCUT2D eigenvalue weighted by molar-refractivity contribution is -0.116. The van der Waals surface area contributed by atoms with Gasteiger partial charge in [0.1, 0.15) is 0 Å². The SMILES string of the molecule is Nc1cc2c(cc1NCCc1ccccn1)CCC(=O)N2. The number of amides is 1. The molecule has 0 atom stereocenters. The van der Waals surface area contributed by atoms with Crippen molar-refractivity contribution in [2.24, 2.45) is 0 Å². The lowest BCUT2D eigenvalue weighted by atomic mass is 10.0. The first-order chi connectivity index (χ1) is 10.2. The number of hydrogen-bond acceptors (Lipinski definition) is 4. The zero-order valence-corrected chi connectivity index (χ0v) is 11.7. The number of nitrogens with two attached hydrogens (primary N) is 1. The molecule has 0 saturated heterocycles. The molecular weight excluding hydrogens is 264 g/mol. The number of anilines is 3. The molecule has 108 valence electrons. The molecule has 21 heavy (non-hydrogen) atoms. The summed E-state index contributed by atoms with van der Waals surface area (Å²) >= 11 is 0. The molecule has 0 unspecified atom stereocenters. The quantitative estimate of drug-likeness (QED) is 0.751. The van der Waals surface area contributed by atoms with Gasteiger partial charge in [-0.2, -0.15) is 0 Å². The van der Waals surface area contributed by atoms with Crippen LogP contribution in [0.5, 0.6) is 0 Å². The van der Waals surface area contributed by atoms with Crippen LogP contribution in [-0.4, -0.2) is 17.4 Å². The Morgan fingerprint density at radius 1 is 1.29 bits per heavy atom. The summed E-state index contributed by atoms with van der Waals surface area (Å²) < 4.78 is 0. The summed E-state index contributed by atoms with van der Waals surface area (Å²) in [4.78, 5) is 15.7. The zero-order chi connectivity index (χ0) is 14.7. The van der Waals surface area contributed by atoms with Gasteiger partial charge in [-0.1, -0.05) is 6.07 Å². The van der Waals surface area contributed by atoms with Crippen LogP contribution in [0.4, 0.5) is 17.1 Å². The van der Waals surface area contributed by atoms with Crippen molar-refractivity contribution in [3.8, 4) is 0 Å². The first-order valence-electron chi connectivity index (χ1n) is 7.08. The maximum atomic E-state index is 11.4. The van der Waals surface area contributed by atoms with Gasteiger partial charge < -0.3 is 16.4 Å². The number of benzene rings is 1. The molecule has 0 radical (unpaired) electrons. The normalized spacial score (nSPS) is 13.4. The Kier molecular flexibility index (Phi) is 3.73. The summed E-state index contributed by atoms with van der Waals surface area (Å²) in [5.41, 5.74) is 10.6. The third-order valence-corrected chi connectivity index (χ3v) is 3.59. The van der Waals surface area contributed by atoms with Gasteiger partial charge in [0.2, 0.25) is 5.91 Å². The predicted molar refractivity (Wildman–Crippen MR) is 84.2 cm³/mol. The molecule has 0 spiro atoms. The average Bonchev–Trinajstić information content (AvgIpc) is 2.49. The van der Waals surface area contributed by atoms with E-state index in [1.165, 1.54) is 0 Å². The van der Waals surface area contributed by atoms with Crippen molar-refractivity contribution < 1.29 is 4.79 Å². The second-order valence-corrected chi connectivity index (χ2v) is 5.14. The highest BCUT2D eigenvalue weighted by atomic mass is 16.1. The van der Waals surface area contributed by atoms with Gasteiger partial charge in [0, 0.05) is 37.0 Å². The Hall–Kier alpha value is -2.56. The number of nitrogen functional groups attached to an aromatic ring is 1. The molecule has 4 N–H and O–H groups in total. The monoisotopic (exact) mass is 282 g/mol. The minimum absolute atomic E-state index is 0.0535. The highest BCUT2D eigenvalue weighted by molar-refractivity contribution is 5.95. The number of aromatic nitrogens is 1. The van der Waals surface area contributed by atoms with E-state index in [4.69, 9.17) is 5.73 Å². The van der Waals surface area contributed by atoms with E-state index in [2.05, 4.69) is 15.6 Å². The fourth-order valence-corrected chi connectivity index (χ4v) is 2.47. The second kappa shape index (κ2) is 5.83. The van der Waals surface area contributed by atoms with E-state index in [0.717, 1.165) is 42.0 Å². The molecule has 5 heteroatoms. The van der Waals surface area contributed by atoms with Crippen molar-refractivity contribution in [3.05, 3.63) is 47.8 Å². The molecule has 2 aromatic rings. The molecule has 0 saturated carbocycles. The number of nitrogens with one attached hydrogen (secondary N) is 2. The minimum atomic E-state index is 0.0535. The summed E-state index contributed by atoms with van der Waals surface area (Å²) in [7, 11) is 0. The Morgan fingerprint density at radius 2 is 2.19 bits per heavy atom. The van der Waals surface area contributed by atoms with Crippen molar-refractivity contribution in [2.45, 2.75) is 19.3 Å². The zero-order valence-electron chi connectivity index (χ0n) is 11.7. The summed E-state index contributed by atoms with van der Waals surface area (Å²) in [6, 6.07) is 9.76. The number of hydrogen-bond donors (Lipinski definition) is 3. The summed E-state index contributed by atoms with van der Waals surface area (Å²) in [5, 5.41) is 6.20. The van der Waals surface area contributed by atoms with Crippen LogP contribution in [0.25, 0.3) is 0 Å². The molecule has 0 aliphatic carbocycles. The Morgan fingerprint density at radius 3 is 3.00 bits per heavy atom. The Bertz CT molecular complexity index is 655. The molecule has 3 rings (SSSR count). The fraction of sp³-hybridized carbons (Fsp3) is 0.250. The Labute approximate surface area is 123 Å². The number of fused-ring (bicyclic) bond motifs is 1. The van der Waals surface area contributed by atoms with E-state index < -0.39 is 0 Å². The van der Waals surface area contributed by atoms with Gasteiger partial charge in [-0.05, 0) is 36.2 Å². The van der Waals surface area contributed by atoms with Crippen molar-refractivity contribution in [1.29, 1.82) is 0 Å². The standard InChI is InChI=1S/C16H18N4O/c17-13-10-14-11(4-5-16(21)20-14)9-15(13)19-8-6-12-3-1-2-7-18-12/h1-3,7,9-10,19H,4-6,8,17H2,(H,20,21). The van der Waals surface area contributed by atoms with E-state index in [0.29, 0.717) is 12.1 Å². The number of aryl methyl sites for hydroxylation is 1. The highest BCUT2D eigenvalue weighted by Crippen LogP contribution is 2.30. The van der Waals surface area contributed by atoms with Crippen molar-refractivity contribution in [2.75, 3.05) is 22.9 Å². The molecule has 2 heterocycles. The van der Waals surface area contributed by atoms with E-state index in [1.54, 1.807) is 6.20 Å².